The molecular weight excluding hydrogens is 192 g/mol. The van der Waals surface area contributed by atoms with Crippen LogP contribution in [0.3, 0.4) is 0 Å². The maximum Gasteiger partial charge on any atom is 0.323 e. The quantitative estimate of drug-likeness (QED) is 0.725. The smallest absolute Gasteiger partial charge is 0.323 e. The number of nitrogen functional groups attached to an aromatic ring is 1. The van der Waals surface area contributed by atoms with Crippen LogP contribution in [0.25, 0.3) is 0 Å². The summed E-state index contributed by atoms with van der Waals surface area (Å²) in [6.07, 6.45) is 1.07. The van der Waals surface area contributed by atoms with Gasteiger partial charge in [0.1, 0.15) is 0 Å². The highest BCUT2D eigenvalue weighted by molar-refractivity contribution is 5.91. The highest BCUT2D eigenvalue weighted by Gasteiger charge is 2.20. The summed E-state index contributed by atoms with van der Waals surface area (Å²) < 4.78 is 0. The van der Waals surface area contributed by atoms with Crippen LogP contribution < -0.4 is 11.1 Å². The Morgan fingerprint density at radius 1 is 1.53 bits per heavy atom. The van der Waals surface area contributed by atoms with Crippen LogP contribution in [0, 0.1) is 6.92 Å². The number of carbonyl (C=O) groups excluding carboxylic acids is 1. The van der Waals surface area contributed by atoms with E-state index in [0.29, 0.717) is 11.5 Å². The molecule has 0 saturated carbocycles. The third kappa shape index (κ3) is 2.01. The molecule has 1 aromatic heterocycles. The van der Waals surface area contributed by atoms with E-state index >= 15 is 0 Å². The lowest BCUT2D eigenvalue weighted by Gasteiger charge is -2.30. The average molecular weight is 206 g/mol. The third-order valence-electron chi connectivity index (χ3n) is 2.43. The molecule has 3 N–H and O–H groups in total. The van der Waals surface area contributed by atoms with Crippen LogP contribution in [0.2, 0.25) is 0 Å². The Bertz CT molecular complexity index is 387. The second-order valence-electron chi connectivity index (χ2n) is 3.66. The van der Waals surface area contributed by atoms with E-state index in [2.05, 4.69) is 10.3 Å². The summed E-state index contributed by atoms with van der Waals surface area (Å²) in [5.41, 5.74) is 7.03. The highest BCUT2D eigenvalue weighted by atomic mass is 16.2. The zero-order chi connectivity index (χ0) is 10.8. The molecule has 5 heteroatoms. The fourth-order valence-corrected chi connectivity index (χ4v) is 1.37. The number of hydrogen-bond donors (Lipinski definition) is 2. The first-order valence-corrected chi connectivity index (χ1v) is 4.96. The first kappa shape index (κ1) is 9.76. The predicted molar refractivity (Wildman–Crippen MR) is 58.6 cm³/mol. The summed E-state index contributed by atoms with van der Waals surface area (Å²) in [7, 11) is 0. The van der Waals surface area contributed by atoms with Crippen LogP contribution in [0.5, 0.6) is 0 Å². The number of rotatable bonds is 1. The first-order chi connectivity index (χ1) is 7.16. The minimum Gasteiger partial charge on any atom is -0.396 e. The Hall–Kier alpha value is -1.78. The maximum atomic E-state index is 11.6. The number of amides is 2. The van der Waals surface area contributed by atoms with E-state index in [1.54, 1.807) is 11.0 Å². The summed E-state index contributed by atoms with van der Waals surface area (Å²) in [6, 6.07) is 3.44. The molecule has 0 unspecified atom stereocenters. The molecule has 2 amide bonds. The van der Waals surface area contributed by atoms with Crippen molar-refractivity contribution in [3.8, 4) is 0 Å². The lowest BCUT2D eigenvalue weighted by Crippen LogP contribution is -2.44. The van der Waals surface area contributed by atoms with E-state index in [0.717, 1.165) is 25.2 Å². The Morgan fingerprint density at radius 2 is 2.27 bits per heavy atom. The van der Waals surface area contributed by atoms with Gasteiger partial charge in [-0.25, -0.2) is 9.78 Å². The van der Waals surface area contributed by atoms with Gasteiger partial charge in [0.2, 0.25) is 0 Å². The molecule has 5 nitrogen and oxygen atoms in total. The molecule has 15 heavy (non-hydrogen) atoms. The van der Waals surface area contributed by atoms with E-state index < -0.39 is 0 Å². The minimum absolute atomic E-state index is 0.119. The molecule has 80 valence electrons. The van der Waals surface area contributed by atoms with Crippen molar-refractivity contribution in [2.75, 3.05) is 24.1 Å². The summed E-state index contributed by atoms with van der Waals surface area (Å²) in [5, 5.41) is 2.70. The molecule has 1 fully saturated rings. The van der Waals surface area contributed by atoms with Gasteiger partial charge in [-0.1, -0.05) is 0 Å². The van der Waals surface area contributed by atoms with Crippen LogP contribution in [0.1, 0.15) is 12.1 Å². The number of nitrogens with one attached hydrogen (secondary N) is 1. The van der Waals surface area contributed by atoms with Crippen LogP contribution in [0.4, 0.5) is 16.3 Å². The zero-order valence-corrected chi connectivity index (χ0v) is 8.66. The molecule has 1 aromatic rings. The largest absolute Gasteiger partial charge is 0.396 e. The second-order valence-corrected chi connectivity index (χ2v) is 3.66. The van der Waals surface area contributed by atoms with Gasteiger partial charge in [0, 0.05) is 18.8 Å². The minimum atomic E-state index is -0.119. The van der Waals surface area contributed by atoms with E-state index in [4.69, 9.17) is 5.73 Å². The van der Waals surface area contributed by atoms with Gasteiger partial charge in [0.05, 0.1) is 5.69 Å². The summed E-state index contributed by atoms with van der Waals surface area (Å²) >= 11 is 0. The Morgan fingerprint density at radius 3 is 2.87 bits per heavy atom. The monoisotopic (exact) mass is 206 g/mol. The number of carbonyl (C=O) groups is 1. The van der Waals surface area contributed by atoms with Crippen molar-refractivity contribution in [3.05, 3.63) is 17.8 Å². The normalized spacial score (nSPS) is 14.6. The fourth-order valence-electron chi connectivity index (χ4n) is 1.37. The standard InChI is InChI=1S/C10H14N4O/c1-7-3-4-8(11)9(12-7)13-10(15)14-5-2-6-14/h3-4H,2,5-6,11H2,1H3,(H,12,13,15). The van der Waals surface area contributed by atoms with Crippen molar-refractivity contribution in [1.29, 1.82) is 0 Å². The molecule has 0 bridgehead atoms. The molecule has 1 saturated heterocycles. The van der Waals surface area contributed by atoms with Gasteiger partial charge in [-0.05, 0) is 25.5 Å². The first-order valence-electron chi connectivity index (χ1n) is 4.96. The summed E-state index contributed by atoms with van der Waals surface area (Å²) in [5.74, 6) is 0.451. The van der Waals surface area contributed by atoms with Crippen molar-refractivity contribution in [3.63, 3.8) is 0 Å². The summed E-state index contributed by atoms with van der Waals surface area (Å²) in [4.78, 5) is 17.5. The number of aromatic nitrogens is 1. The number of aryl methyl sites for hydroxylation is 1. The molecule has 2 rings (SSSR count). The number of hydrogen-bond acceptors (Lipinski definition) is 3. The average Bonchev–Trinajstić information content (AvgIpc) is 2.08. The van der Waals surface area contributed by atoms with Gasteiger partial charge in [-0.3, -0.25) is 5.32 Å². The van der Waals surface area contributed by atoms with Gasteiger partial charge >= 0.3 is 6.03 Å². The molecule has 0 radical (unpaired) electrons. The third-order valence-corrected chi connectivity index (χ3v) is 2.43. The Labute approximate surface area is 88.3 Å². The van der Waals surface area contributed by atoms with E-state index in [-0.39, 0.29) is 6.03 Å². The number of pyridine rings is 1. The molecule has 1 aliphatic heterocycles. The molecule has 0 spiro atoms. The molecule has 1 aliphatic rings. The lowest BCUT2D eigenvalue weighted by atomic mass is 10.2. The van der Waals surface area contributed by atoms with Crippen LogP contribution >= 0.6 is 0 Å². The molecule has 0 aliphatic carbocycles. The second kappa shape index (κ2) is 3.76. The molecule has 2 heterocycles. The van der Waals surface area contributed by atoms with Gasteiger partial charge in [0.25, 0.3) is 0 Å². The van der Waals surface area contributed by atoms with Gasteiger partial charge in [-0.2, -0.15) is 0 Å². The fraction of sp³-hybridized carbons (Fsp3) is 0.400. The van der Waals surface area contributed by atoms with Crippen LogP contribution in [0.15, 0.2) is 12.1 Å². The van der Waals surface area contributed by atoms with Crippen molar-refractivity contribution in [2.24, 2.45) is 0 Å². The van der Waals surface area contributed by atoms with Crippen LogP contribution in [-0.2, 0) is 0 Å². The lowest BCUT2D eigenvalue weighted by molar-refractivity contribution is 0.181. The highest BCUT2D eigenvalue weighted by Crippen LogP contribution is 2.17. The summed E-state index contributed by atoms with van der Waals surface area (Å²) in [6.45, 7) is 3.49. The predicted octanol–water partition coefficient (Wildman–Crippen LogP) is 1.21. The van der Waals surface area contributed by atoms with E-state index in [9.17, 15) is 4.79 Å². The van der Waals surface area contributed by atoms with Gasteiger partial charge < -0.3 is 10.6 Å². The van der Waals surface area contributed by atoms with Crippen molar-refractivity contribution in [2.45, 2.75) is 13.3 Å². The maximum absolute atomic E-state index is 11.6. The van der Waals surface area contributed by atoms with Crippen molar-refractivity contribution in [1.82, 2.24) is 9.88 Å². The Kier molecular flexibility index (Phi) is 2.45. The van der Waals surface area contributed by atoms with Crippen molar-refractivity contribution >= 4 is 17.5 Å². The molecule has 0 aromatic carbocycles. The Balaban J connectivity index is 2.09. The van der Waals surface area contributed by atoms with Gasteiger partial charge in [0.15, 0.2) is 5.82 Å². The van der Waals surface area contributed by atoms with Crippen molar-refractivity contribution < 1.29 is 4.79 Å². The number of nitrogens with two attached hydrogens (primary N) is 1. The number of nitrogens with zero attached hydrogens (tertiary/aromatic N) is 2. The van der Waals surface area contributed by atoms with E-state index in [1.807, 2.05) is 13.0 Å². The van der Waals surface area contributed by atoms with Gasteiger partial charge in [-0.15, -0.1) is 0 Å². The zero-order valence-electron chi connectivity index (χ0n) is 8.66. The topological polar surface area (TPSA) is 71.2 Å². The number of urea groups is 1. The number of likely N-dealkylation sites (tertiary alicyclic amines) is 1. The molecule has 0 atom stereocenters. The molecular formula is C10H14N4O. The SMILES string of the molecule is Cc1ccc(N)c(NC(=O)N2CCC2)n1. The van der Waals surface area contributed by atoms with Crippen LogP contribution in [-0.4, -0.2) is 29.0 Å². The number of anilines is 2. The van der Waals surface area contributed by atoms with E-state index in [1.165, 1.54) is 0 Å².